The van der Waals surface area contributed by atoms with Gasteiger partial charge in [0.25, 0.3) is 0 Å². The fraction of sp³-hybridized carbons (Fsp3) is 0.615. The summed E-state index contributed by atoms with van der Waals surface area (Å²) in [6.45, 7) is 14.1. The lowest BCUT2D eigenvalue weighted by Gasteiger charge is -2.32. The third-order valence-corrected chi connectivity index (χ3v) is 7.37. The van der Waals surface area contributed by atoms with Gasteiger partial charge < -0.3 is 0 Å². The first-order chi connectivity index (χ1) is 13.4. The maximum absolute atomic E-state index is 5.21. The SMILES string of the molecule is CC(C)[C@@H]1CC[C@@H](C)c2ccc(-c3ccc4c(n3)[C@H](C(C)C)CC[C@H]4C)nc21. The number of pyridine rings is 2. The Balaban J connectivity index is 1.78. The van der Waals surface area contributed by atoms with Crippen LogP contribution in [0.2, 0.25) is 0 Å². The maximum Gasteiger partial charge on any atom is 0.0889 e. The van der Waals surface area contributed by atoms with Gasteiger partial charge in [-0.25, -0.2) is 0 Å². The van der Waals surface area contributed by atoms with Crippen molar-refractivity contribution in [1.29, 1.82) is 0 Å². The largest absolute Gasteiger partial charge is 0.251 e. The molecule has 28 heavy (non-hydrogen) atoms. The topological polar surface area (TPSA) is 25.8 Å². The normalized spacial score (nSPS) is 27.0. The van der Waals surface area contributed by atoms with E-state index in [1.165, 1.54) is 48.2 Å². The minimum atomic E-state index is 0.576. The Morgan fingerprint density at radius 2 is 1.04 bits per heavy atom. The van der Waals surface area contributed by atoms with E-state index in [1.807, 2.05) is 0 Å². The van der Waals surface area contributed by atoms with Gasteiger partial charge in [-0.2, -0.15) is 0 Å². The van der Waals surface area contributed by atoms with Crippen LogP contribution in [0.4, 0.5) is 0 Å². The Morgan fingerprint density at radius 1 is 0.643 bits per heavy atom. The van der Waals surface area contributed by atoms with Gasteiger partial charge in [0.1, 0.15) is 0 Å². The van der Waals surface area contributed by atoms with Crippen molar-refractivity contribution in [2.24, 2.45) is 11.8 Å². The van der Waals surface area contributed by atoms with Crippen molar-refractivity contribution in [3.8, 4) is 11.4 Å². The van der Waals surface area contributed by atoms with Crippen LogP contribution < -0.4 is 0 Å². The zero-order chi connectivity index (χ0) is 20.0. The number of nitrogens with zero attached hydrogens (tertiary/aromatic N) is 2. The Bertz CT molecular complexity index is 780. The van der Waals surface area contributed by atoms with E-state index in [-0.39, 0.29) is 0 Å². The standard InChI is InChI=1S/C26H36N2/c1-15(2)19-9-7-17(5)21-11-13-23(27-25(19)21)24-14-12-22-18(6)8-10-20(16(3)4)26(22)28-24/h11-20H,7-10H2,1-6H3/t17-,18-,19+,20+/m1/s1. The summed E-state index contributed by atoms with van der Waals surface area (Å²) in [7, 11) is 0. The Morgan fingerprint density at radius 3 is 1.39 bits per heavy atom. The molecule has 0 saturated carbocycles. The van der Waals surface area contributed by atoms with Gasteiger partial charge >= 0.3 is 0 Å². The first kappa shape index (κ1) is 19.6. The molecule has 2 heteroatoms. The second-order valence-corrected chi connectivity index (χ2v) is 10.00. The van der Waals surface area contributed by atoms with Gasteiger partial charge in [0.15, 0.2) is 0 Å². The smallest absolute Gasteiger partial charge is 0.0889 e. The molecule has 4 atom stereocenters. The number of rotatable bonds is 3. The van der Waals surface area contributed by atoms with Gasteiger partial charge in [-0.1, -0.05) is 53.7 Å². The van der Waals surface area contributed by atoms with Crippen molar-refractivity contribution >= 4 is 0 Å². The van der Waals surface area contributed by atoms with E-state index in [9.17, 15) is 0 Å². The molecule has 0 radical (unpaired) electrons. The molecule has 0 N–H and O–H groups in total. The van der Waals surface area contributed by atoms with Gasteiger partial charge in [0.2, 0.25) is 0 Å². The number of hydrogen-bond donors (Lipinski definition) is 0. The molecule has 2 nitrogen and oxygen atoms in total. The first-order valence-electron chi connectivity index (χ1n) is 11.4. The molecule has 2 aromatic heterocycles. The van der Waals surface area contributed by atoms with Gasteiger partial charge in [-0.05, 0) is 72.6 Å². The summed E-state index contributed by atoms with van der Waals surface area (Å²) >= 11 is 0. The van der Waals surface area contributed by atoms with Gasteiger partial charge in [-0.15, -0.1) is 0 Å². The van der Waals surface area contributed by atoms with E-state index in [0.29, 0.717) is 35.5 Å². The quantitative estimate of drug-likeness (QED) is 0.557. The van der Waals surface area contributed by atoms with Gasteiger partial charge in [0, 0.05) is 23.2 Å². The monoisotopic (exact) mass is 376 g/mol. The lowest BCUT2D eigenvalue weighted by Crippen LogP contribution is -2.20. The van der Waals surface area contributed by atoms with Crippen molar-refractivity contribution in [2.45, 2.75) is 90.9 Å². The molecule has 0 bridgehead atoms. The predicted octanol–water partition coefficient (Wildman–Crippen LogP) is 7.42. The summed E-state index contributed by atoms with van der Waals surface area (Å²) in [6, 6.07) is 9.09. The zero-order valence-electron chi connectivity index (χ0n) is 18.5. The highest BCUT2D eigenvalue weighted by atomic mass is 14.8. The highest BCUT2D eigenvalue weighted by Gasteiger charge is 2.30. The van der Waals surface area contributed by atoms with E-state index in [1.54, 1.807) is 0 Å². The number of aromatic nitrogens is 2. The van der Waals surface area contributed by atoms with Crippen molar-refractivity contribution in [3.63, 3.8) is 0 Å². The summed E-state index contributed by atoms with van der Waals surface area (Å²) in [5.41, 5.74) is 7.70. The van der Waals surface area contributed by atoms with Crippen LogP contribution in [-0.2, 0) is 0 Å². The summed E-state index contributed by atoms with van der Waals surface area (Å²) < 4.78 is 0. The van der Waals surface area contributed by atoms with Crippen LogP contribution in [0, 0.1) is 11.8 Å². The van der Waals surface area contributed by atoms with Gasteiger partial charge in [-0.3, -0.25) is 9.97 Å². The average molecular weight is 377 g/mol. The fourth-order valence-electron chi connectivity index (χ4n) is 5.43. The van der Waals surface area contributed by atoms with E-state index >= 15 is 0 Å². The highest BCUT2D eigenvalue weighted by molar-refractivity contribution is 5.57. The predicted molar refractivity (Wildman–Crippen MR) is 118 cm³/mol. The molecule has 0 aliphatic heterocycles. The molecule has 0 amide bonds. The third-order valence-electron chi connectivity index (χ3n) is 7.37. The first-order valence-corrected chi connectivity index (χ1v) is 11.4. The molecule has 150 valence electrons. The van der Waals surface area contributed by atoms with Crippen LogP contribution in [0.15, 0.2) is 24.3 Å². The van der Waals surface area contributed by atoms with Crippen LogP contribution in [0.1, 0.15) is 113 Å². The molecule has 2 aliphatic carbocycles. The van der Waals surface area contributed by atoms with Gasteiger partial charge in [0.05, 0.1) is 11.4 Å². The number of hydrogen-bond acceptors (Lipinski definition) is 2. The summed E-state index contributed by atoms with van der Waals surface area (Å²) in [5, 5.41) is 0. The minimum absolute atomic E-state index is 0.576. The average Bonchev–Trinajstić information content (AvgIpc) is 2.67. The van der Waals surface area contributed by atoms with Crippen molar-refractivity contribution in [1.82, 2.24) is 9.97 Å². The zero-order valence-corrected chi connectivity index (χ0v) is 18.5. The molecule has 0 spiro atoms. The molecule has 0 fully saturated rings. The van der Waals surface area contributed by atoms with Crippen LogP contribution in [0.25, 0.3) is 11.4 Å². The van der Waals surface area contributed by atoms with Crippen molar-refractivity contribution in [2.75, 3.05) is 0 Å². The molecule has 2 heterocycles. The summed E-state index contributed by atoms with van der Waals surface area (Å²) in [6.07, 6.45) is 5.07. The third kappa shape index (κ3) is 3.40. The van der Waals surface area contributed by atoms with E-state index < -0.39 is 0 Å². The molecular formula is C26H36N2. The summed E-state index contributed by atoms with van der Waals surface area (Å²) in [5.74, 6) is 3.66. The highest BCUT2D eigenvalue weighted by Crippen LogP contribution is 2.44. The lowest BCUT2D eigenvalue weighted by molar-refractivity contribution is 0.399. The Hall–Kier alpha value is -1.70. The molecule has 2 aromatic rings. The van der Waals surface area contributed by atoms with Crippen LogP contribution in [0.5, 0.6) is 0 Å². The van der Waals surface area contributed by atoms with Crippen LogP contribution in [0.3, 0.4) is 0 Å². The Kier molecular flexibility index (Phi) is 5.33. The van der Waals surface area contributed by atoms with E-state index in [4.69, 9.17) is 9.97 Å². The molecule has 0 aromatic carbocycles. The van der Waals surface area contributed by atoms with Crippen LogP contribution in [-0.4, -0.2) is 9.97 Å². The fourth-order valence-corrected chi connectivity index (χ4v) is 5.43. The number of fused-ring (bicyclic) bond motifs is 2. The molecule has 0 unspecified atom stereocenters. The van der Waals surface area contributed by atoms with Crippen LogP contribution >= 0.6 is 0 Å². The molecular weight excluding hydrogens is 340 g/mol. The van der Waals surface area contributed by atoms with E-state index in [0.717, 1.165) is 11.4 Å². The minimum Gasteiger partial charge on any atom is -0.251 e. The molecule has 4 rings (SSSR count). The Labute approximate surface area is 171 Å². The molecule has 2 aliphatic rings. The maximum atomic E-state index is 5.21. The van der Waals surface area contributed by atoms with E-state index in [2.05, 4.69) is 65.8 Å². The second kappa shape index (κ2) is 7.61. The lowest BCUT2D eigenvalue weighted by atomic mass is 9.75. The van der Waals surface area contributed by atoms with Crippen molar-refractivity contribution < 1.29 is 0 Å². The molecule has 0 saturated heterocycles. The van der Waals surface area contributed by atoms with Crippen molar-refractivity contribution in [3.05, 3.63) is 46.8 Å². The second-order valence-electron chi connectivity index (χ2n) is 10.00. The summed E-state index contributed by atoms with van der Waals surface area (Å²) in [4.78, 5) is 10.4.